The van der Waals surface area contributed by atoms with Crippen molar-refractivity contribution in [3.05, 3.63) is 94.1 Å². The van der Waals surface area contributed by atoms with Crippen LogP contribution in [0.5, 0.6) is 5.75 Å². The van der Waals surface area contributed by atoms with Crippen molar-refractivity contribution in [2.24, 2.45) is 0 Å². The van der Waals surface area contributed by atoms with Crippen LogP contribution in [-0.2, 0) is 6.42 Å². The van der Waals surface area contributed by atoms with Gasteiger partial charge < -0.3 is 19.9 Å². The topological polar surface area (TPSA) is 57.4 Å². The zero-order chi connectivity index (χ0) is 22.2. The fourth-order valence-electron chi connectivity index (χ4n) is 4.44. The molecule has 1 aromatic heterocycles. The monoisotopic (exact) mass is 445 g/mol. The van der Waals surface area contributed by atoms with E-state index in [2.05, 4.69) is 41.5 Å². The Balaban J connectivity index is 1.55. The molecule has 1 aliphatic heterocycles. The molecule has 0 radical (unpaired) electrons. The molecule has 0 spiro atoms. The summed E-state index contributed by atoms with van der Waals surface area (Å²) in [4.78, 5) is 18.9. The van der Waals surface area contributed by atoms with Crippen molar-refractivity contribution in [2.75, 3.05) is 19.0 Å². The summed E-state index contributed by atoms with van der Waals surface area (Å²) in [5.41, 5.74) is 6.28. The number of aryl methyl sites for hydroxylation is 1. The Morgan fingerprint density at radius 3 is 2.56 bits per heavy atom. The number of benzene rings is 3. The molecule has 5 nitrogen and oxygen atoms in total. The number of carbonyl (C=O) groups is 1. The number of ether oxygens (including phenoxy) is 1. The van der Waals surface area contributed by atoms with Crippen molar-refractivity contribution >= 4 is 34.2 Å². The molecule has 2 N–H and O–H groups in total. The predicted molar refractivity (Wildman–Crippen MR) is 129 cm³/mol. The third-order valence-corrected chi connectivity index (χ3v) is 6.32. The average Bonchev–Trinajstić information content (AvgIpc) is 3.17. The smallest absolute Gasteiger partial charge is 0.322 e. The summed E-state index contributed by atoms with van der Waals surface area (Å²) >= 11 is 6.28. The lowest BCUT2D eigenvalue weighted by atomic mass is 9.92. The number of urea groups is 1. The molecule has 0 saturated heterocycles. The standard InChI is InChI=1S/C26H24ClN3O2/c1-16-3-5-17(6-4-16)25-24-21(22-15-18(27)7-12-23(22)29-24)13-14-30(25)26(31)28-19-8-10-20(32-2)11-9-19/h3-12,15,25,29H,13-14H2,1-2H3,(H,28,31)/t25-/m0/s1. The Bertz CT molecular complexity index is 1280. The second-order valence-corrected chi connectivity index (χ2v) is 8.56. The van der Waals surface area contributed by atoms with Crippen molar-refractivity contribution < 1.29 is 9.53 Å². The second kappa shape index (κ2) is 8.24. The van der Waals surface area contributed by atoms with Crippen molar-refractivity contribution in [3.63, 3.8) is 0 Å². The first-order valence-electron chi connectivity index (χ1n) is 10.6. The molecule has 2 heterocycles. The molecular formula is C26H24ClN3O2. The fraction of sp³-hybridized carbons (Fsp3) is 0.192. The number of fused-ring (bicyclic) bond motifs is 3. The number of nitrogens with zero attached hydrogens (tertiary/aromatic N) is 1. The lowest BCUT2D eigenvalue weighted by molar-refractivity contribution is 0.193. The number of anilines is 1. The first-order valence-corrected chi connectivity index (χ1v) is 11.0. The molecule has 0 saturated carbocycles. The molecule has 3 aromatic carbocycles. The Kier molecular flexibility index (Phi) is 5.27. The molecule has 0 fully saturated rings. The molecule has 1 aliphatic rings. The largest absolute Gasteiger partial charge is 0.497 e. The van der Waals surface area contributed by atoms with E-state index in [4.69, 9.17) is 16.3 Å². The maximum Gasteiger partial charge on any atom is 0.322 e. The minimum Gasteiger partial charge on any atom is -0.497 e. The maximum absolute atomic E-state index is 13.4. The molecule has 2 amide bonds. The van der Waals surface area contributed by atoms with E-state index in [-0.39, 0.29) is 12.1 Å². The number of methoxy groups -OCH3 is 1. The molecule has 6 heteroatoms. The summed E-state index contributed by atoms with van der Waals surface area (Å²) in [5, 5.41) is 4.88. The number of halogens is 1. The molecule has 0 aliphatic carbocycles. The molecule has 5 rings (SSSR count). The molecule has 0 bridgehead atoms. The van der Waals surface area contributed by atoms with Gasteiger partial charge in [0.25, 0.3) is 0 Å². The number of nitrogens with one attached hydrogen (secondary N) is 2. The molecule has 1 atom stereocenters. The SMILES string of the molecule is COc1ccc(NC(=O)N2CCc3c([nH]c4ccc(Cl)cc34)[C@@H]2c2ccc(C)cc2)cc1. The summed E-state index contributed by atoms with van der Waals surface area (Å²) in [6, 6.07) is 21.3. The van der Waals surface area contributed by atoms with E-state index in [1.807, 2.05) is 47.4 Å². The van der Waals surface area contributed by atoms with Gasteiger partial charge in [0.05, 0.1) is 13.2 Å². The summed E-state index contributed by atoms with van der Waals surface area (Å²) in [7, 11) is 1.62. The van der Waals surface area contributed by atoms with Crippen LogP contribution in [0.25, 0.3) is 10.9 Å². The van der Waals surface area contributed by atoms with Crippen LogP contribution in [-0.4, -0.2) is 29.6 Å². The van der Waals surface area contributed by atoms with Crippen molar-refractivity contribution in [1.29, 1.82) is 0 Å². The number of rotatable bonds is 3. The van der Waals surface area contributed by atoms with Crippen LogP contribution >= 0.6 is 11.6 Å². The second-order valence-electron chi connectivity index (χ2n) is 8.12. The van der Waals surface area contributed by atoms with Gasteiger partial charge in [0.2, 0.25) is 0 Å². The Morgan fingerprint density at radius 2 is 1.84 bits per heavy atom. The normalized spacial score (nSPS) is 15.5. The lowest BCUT2D eigenvalue weighted by Gasteiger charge is -2.36. The number of carbonyl (C=O) groups excluding carboxylic acids is 1. The van der Waals surface area contributed by atoms with E-state index in [0.29, 0.717) is 11.6 Å². The number of H-pyrrole nitrogens is 1. The van der Waals surface area contributed by atoms with Crippen LogP contribution in [0.15, 0.2) is 66.7 Å². The fourth-order valence-corrected chi connectivity index (χ4v) is 4.62. The van der Waals surface area contributed by atoms with E-state index in [9.17, 15) is 4.79 Å². The van der Waals surface area contributed by atoms with Crippen molar-refractivity contribution in [2.45, 2.75) is 19.4 Å². The van der Waals surface area contributed by atoms with Crippen LogP contribution in [0.2, 0.25) is 5.02 Å². The number of hydrogen-bond donors (Lipinski definition) is 2. The van der Waals surface area contributed by atoms with Gasteiger partial charge in [-0.3, -0.25) is 0 Å². The number of amides is 2. The van der Waals surface area contributed by atoms with E-state index < -0.39 is 0 Å². The van der Waals surface area contributed by atoms with Crippen molar-refractivity contribution in [3.8, 4) is 5.75 Å². The average molecular weight is 446 g/mol. The highest BCUT2D eigenvalue weighted by Crippen LogP contribution is 2.39. The van der Waals surface area contributed by atoms with E-state index in [1.165, 1.54) is 11.1 Å². The Labute approximate surface area is 192 Å². The maximum atomic E-state index is 13.4. The van der Waals surface area contributed by atoms with Crippen LogP contribution in [0, 0.1) is 6.92 Å². The highest BCUT2D eigenvalue weighted by Gasteiger charge is 2.34. The number of aromatic amines is 1. The lowest BCUT2D eigenvalue weighted by Crippen LogP contribution is -2.43. The Morgan fingerprint density at radius 1 is 1.09 bits per heavy atom. The van der Waals surface area contributed by atoms with Crippen LogP contribution in [0.4, 0.5) is 10.5 Å². The summed E-state index contributed by atoms with van der Waals surface area (Å²) in [6.07, 6.45) is 0.758. The molecule has 162 valence electrons. The molecule has 4 aromatic rings. The minimum absolute atomic E-state index is 0.136. The zero-order valence-electron chi connectivity index (χ0n) is 18.0. The van der Waals surface area contributed by atoms with Gasteiger partial charge in [-0.2, -0.15) is 0 Å². The van der Waals surface area contributed by atoms with Crippen molar-refractivity contribution in [1.82, 2.24) is 9.88 Å². The Hall–Kier alpha value is -3.44. The van der Waals surface area contributed by atoms with Gasteiger partial charge in [-0.25, -0.2) is 4.79 Å². The van der Waals surface area contributed by atoms with E-state index >= 15 is 0 Å². The van der Waals surface area contributed by atoms with Gasteiger partial charge >= 0.3 is 6.03 Å². The van der Waals surface area contributed by atoms with Gasteiger partial charge in [0.1, 0.15) is 5.75 Å². The van der Waals surface area contributed by atoms with Crippen LogP contribution in [0.1, 0.15) is 28.4 Å². The highest BCUT2D eigenvalue weighted by atomic mass is 35.5. The van der Waals surface area contributed by atoms with Gasteiger partial charge in [0.15, 0.2) is 0 Å². The van der Waals surface area contributed by atoms with Gasteiger partial charge in [-0.05, 0) is 66.9 Å². The van der Waals surface area contributed by atoms with E-state index in [1.54, 1.807) is 7.11 Å². The van der Waals surface area contributed by atoms with Gasteiger partial charge in [0, 0.05) is 33.9 Å². The molecule has 32 heavy (non-hydrogen) atoms. The number of hydrogen-bond acceptors (Lipinski definition) is 2. The summed E-state index contributed by atoms with van der Waals surface area (Å²) in [5.74, 6) is 0.750. The third-order valence-electron chi connectivity index (χ3n) is 6.08. The quantitative estimate of drug-likeness (QED) is 0.387. The molecule has 0 unspecified atom stereocenters. The van der Waals surface area contributed by atoms with Gasteiger partial charge in [-0.1, -0.05) is 41.4 Å². The first kappa shape index (κ1) is 20.5. The third kappa shape index (κ3) is 3.69. The molecular weight excluding hydrogens is 422 g/mol. The summed E-state index contributed by atoms with van der Waals surface area (Å²) in [6.45, 7) is 2.67. The van der Waals surface area contributed by atoms with Crippen LogP contribution in [0.3, 0.4) is 0 Å². The predicted octanol–water partition coefficient (Wildman–Crippen LogP) is 6.32. The van der Waals surface area contributed by atoms with Gasteiger partial charge in [-0.15, -0.1) is 0 Å². The van der Waals surface area contributed by atoms with Crippen LogP contribution < -0.4 is 10.1 Å². The summed E-state index contributed by atoms with van der Waals surface area (Å²) < 4.78 is 5.21. The highest BCUT2D eigenvalue weighted by molar-refractivity contribution is 6.31. The van der Waals surface area contributed by atoms with E-state index in [0.717, 1.165) is 40.0 Å². The zero-order valence-corrected chi connectivity index (χ0v) is 18.7. The first-order chi connectivity index (χ1) is 15.5. The minimum atomic E-state index is -0.219. The number of aromatic nitrogens is 1.